The number of hydrogen-bond acceptors (Lipinski definition) is 2. The fraction of sp³-hybridized carbons (Fsp3) is 0.130. The zero-order valence-corrected chi connectivity index (χ0v) is 16.5. The van der Waals surface area contributed by atoms with Gasteiger partial charge in [0.25, 0.3) is 5.91 Å². The highest BCUT2D eigenvalue weighted by Crippen LogP contribution is 2.20. The Morgan fingerprint density at radius 3 is 2.29 bits per heavy atom. The molecule has 0 fully saturated rings. The van der Waals surface area contributed by atoms with E-state index in [1.807, 2.05) is 32.0 Å². The summed E-state index contributed by atoms with van der Waals surface area (Å²) in [7, 11) is 0. The maximum absolute atomic E-state index is 12.7. The average Bonchev–Trinajstić information content (AvgIpc) is 2.67. The van der Waals surface area contributed by atoms with E-state index in [1.54, 1.807) is 48.5 Å². The molecule has 28 heavy (non-hydrogen) atoms. The Labute approximate surface area is 169 Å². The van der Waals surface area contributed by atoms with E-state index in [4.69, 9.17) is 11.6 Å². The van der Waals surface area contributed by atoms with Crippen LogP contribution in [0.1, 0.15) is 27.0 Å². The number of nitrogens with one attached hydrogen (secondary N) is 2. The number of carbonyl (C=O) groups is 2. The van der Waals surface area contributed by atoms with E-state index in [-0.39, 0.29) is 18.2 Å². The van der Waals surface area contributed by atoms with E-state index in [0.717, 1.165) is 22.4 Å². The van der Waals surface area contributed by atoms with Crippen LogP contribution >= 0.6 is 11.6 Å². The lowest BCUT2D eigenvalue weighted by Crippen LogP contribution is -2.19. The van der Waals surface area contributed by atoms with Crippen LogP contribution in [0.4, 0.5) is 11.4 Å². The van der Waals surface area contributed by atoms with E-state index in [0.29, 0.717) is 16.3 Å². The summed E-state index contributed by atoms with van der Waals surface area (Å²) >= 11 is 5.87. The number of carbonyl (C=O) groups excluding carboxylic acids is 2. The van der Waals surface area contributed by atoms with Gasteiger partial charge in [-0.2, -0.15) is 0 Å². The number of benzene rings is 3. The van der Waals surface area contributed by atoms with Crippen molar-refractivity contribution in [1.82, 2.24) is 0 Å². The first-order valence-electron chi connectivity index (χ1n) is 8.94. The molecule has 142 valence electrons. The topological polar surface area (TPSA) is 58.2 Å². The second-order valence-corrected chi connectivity index (χ2v) is 7.09. The number of hydrogen-bond donors (Lipinski definition) is 2. The van der Waals surface area contributed by atoms with Gasteiger partial charge in [-0.3, -0.25) is 9.59 Å². The molecule has 0 aromatic heterocycles. The lowest BCUT2D eigenvalue weighted by Gasteiger charge is -2.12. The highest BCUT2D eigenvalue weighted by Gasteiger charge is 2.14. The standard InChI is InChI=1S/C23H21ClN2O2/c1-15-7-12-19(13-16(15)2)25-23(28)20-5-3-4-6-21(20)26-22(27)14-17-8-10-18(24)11-9-17/h3-13H,14H2,1-2H3,(H,25,28)(H,26,27). The third-order valence-corrected chi connectivity index (χ3v) is 4.74. The predicted molar refractivity (Wildman–Crippen MR) is 114 cm³/mol. The zero-order valence-electron chi connectivity index (χ0n) is 15.8. The van der Waals surface area contributed by atoms with Crippen molar-refractivity contribution in [2.24, 2.45) is 0 Å². The summed E-state index contributed by atoms with van der Waals surface area (Å²) in [4.78, 5) is 25.1. The van der Waals surface area contributed by atoms with Crippen molar-refractivity contribution in [3.05, 3.63) is 94.0 Å². The van der Waals surface area contributed by atoms with Gasteiger partial charge in [-0.1, -0.05) is 41.9 Å². The molecule has 5 heteroatoms. The molecule has 2 amide bonds. The van der Waals surface area contributed by atoms with Crippen LogP contribution in [0.2, 0.25) is 5.02 Å². The van der Waals surface area contributed by atoms with Gasteiger partial charge in [0.05, 0.1) is 17.7 Å². The Hall–Kier alpha value is -3.11. The number of para-hydroxylation sites is 1. The Morgan fingerprint density at radius 2 is 1.57 bits per heavy atom. The molecule has 0 unspecified atom stereocenters. The van der Waals surface area contributed by atoms with E-state index in [9.17, 15) is 9.59 Å². The number of rotatable bonds is 5. The monoisotopic (exact) mass is 392 g/mol. The molecule has 0 bridgehead atoms. The lowest BCUT2D eigenvalue weighted by atomic mass is 10.1. The minimum absolute atomic E-state index is 0.199. The number of halogens is 1. The number of amides is 2. The zero-order chi connectivity index (χ0) is 20.1. The molecule has 0 saturated heterocycles. The Bertz CT molecular complexity index is 1010. The van der Waals surface area contributed by atoms with Crippen LogP contribution in [0.3, 0.4) is 0 Å². The molecule has 0 radical (unpaired) electrons. The maximum atomic E-state index is 12.7. The summed E-state index contributed by atoms with van der Waals surface area (Å²) in [5.74, 6) is -0.473. The molecule has 0 aliphatic carbocycles. The summed E-state index contributed by atoms with van der Waals surface area (Å²) in [6.07, 6.45) is 0.199. The van der Waals surface area contributed by atoms with Gasteiger partial charge in [-0.05, 0) is 66.9 Å². The van der Waals surface area contributed by atoms with Crippen molar-refractivity contribution in [3.8, 4) is 0 Å². The van der Waals surface area contributed by atoms with E-state index in [2.05, 4.69) is 10.6 Å². The van der Waals surface area contributed by atoms with Crippen LogP contribution < -0.4 is 10.6 Å². The first kappa shape index (κ1) is 19.6. The van der Waals surface area contributed by atoms with Crippen molar-refractivity contribution < 1.29 is 9.59 Å². The molecule has 2 N–H and O–H groups in total. The molecule has 0 atom stereocenters. The van der Waals surface area contributed by atoms with E-state index in [1.165, 1.54) is 0 Å². The summed E-state index contributed by atoms with van der Waals surface area (Å²) in [5.41, 5.74) is 4.71. The van der Waals surface area contributed by atoms with E-state index < -0.39 is 0 Å². The van der Waals surface area contributed by atoms with Crippen molar-refractivity contribution in [1.29, 1.82) is 0 Å². The van der Waals surface area contributed by atoms with Crippen molar-refractivity contribution >= 4 is 34.8 Å². The largest absolute Gasteiger partial charge is 0.325 e. The van der Waals surface area contributed by atoms with Crippen LogP contribution in [0.5, 0.6) is 0 Å². The van der Waals surface area contributed by atoms with Gasteiger partial charge in [0.1, 0.15) is 0 Å². The molecule has 0 aliphatic rings. The van der Waals surface area contributed by atoms with Crippen LogP contribution in [-0.2, 0) is 11.2 Å². The summed E-state index contributed by atoms with van der Waals surface area (Å²) in [6.45, 7) is 4.02. The van der Waals surface area contributed by atoms with Gasteiger partial charge in [-0.15, -0.1) is 0 Å². The van der Waals surface area contributed by atoms with Gasteiger partial charge in [0, 0.05) is 10.7 Å². The van der Waals surface area contributed by atoms with Crippen molar-refractivity contribution in [3.63, 3.8) is 0 Å². The molecular weight excluding hydrogens is 372 g/mol. The fourth-order valence-corrected chi connectivity index (χ4v) is 2.92. The van der Waals surface area contributed by atoms with Gasteiger partial charge in [0.2, 0.25) is 5.91 Å². The van der Waals surface area contributed by atoms with Crippen LogP contribution in [0.15, 0.2) is 66.7 Å². The van der Waals surface area contributed by atoms with Gasteiger partial charge in [0.15, 0.2) is 0 Å². The summed E-state index contributed by atoms with van der Waals surface area (Å²) < 4.78 is 0. The van der Waals surface area contributed by atoms with Crippen LogP contribution in [0.25, 0.3) is 0 Å². The molecule has 0 heterocycles. The molecule has 3 aromatic carbocycles. The molecule has 0 spiro atoms. The average molecular weight is 393 g/mol. The summed E-state index contributed by atoms with van der Waals surface area (Å²) in [5, 5.41) is 6.34. The van der Waals surface area contributed by atoms with Crippen LogP contribution in [0, 0.1) is 13.8 Å². The number of aryl methyl sites for hydroxylation is 2. The first-order chi connectivity index (χ1) is 13.4. The summed E-state index contributed by atoms with van der Waals surface area (Å²) in [6, 6.07) is 19.8. The minimum atomic E-state index is -0.273. The minimum Gasteiger partial charge on any atom is -0.325 e. The third kappa shape index (κ3) is 4.99. The Kier molecular flexibility index (Phi) is 6.12. The van der Waals surface area contributed by atoms with Crippen molar-refractivity contribution in [2.45, 2.75) is 20.3 Å². The highest BCUT2D eigenvalue weighted by atomic mass is 35.5. The first-order valence-corrected chi connectivity index (χ1v) is 9.32. The normalized spacial score (nSPS) is 10.4. The number of anilines is 2. The smallest absolute Gasteiger partial charge is 0.257 e. The third-order valence-electron chi connectivity index (χ3n) is 4.49. The second kappa shape index (κ2) is 8.72. The van der Waals surface area contributed by atoms with Crippen LogP contribution in [-0.4, -0.2) is 11.8 Å². The molecule has 0 aliphatic heterocycles. The Morgan fingerprint density at radius 1 is 0.857 bits per heavy atom. The second-order valence-electron chi connectivity index (χ2n) is 6.65. The van der Waals surface area contributed by atoms with Gasteiger partial charge >= 0.3 is 0 Å². The highest BCUT2D eigenvalue weighted by molar-refractivity contribution is 6.30. The SMILES string of the molecule is Cc1ccc(NC(=O)c2ccccc2NC(=O)Cc2ccc(Cl)cc2)cc1C. The van der Waals surface area contributed by atoms with Gasteiger partial charge < -0.3 is 10.6 Å². The molecule has 4 nitrogen and oxygen atoms in total. The molecule has 3 rings (SSSR count). The Balaban J connectivity index is 1.72. The molecule has 0 saturated carbocycles. The fourth-order valence-electron chi connectivity index (χ4n) is 2.79. The van der Waals surface area contributed by atoms with Gasteiger partial charge in [-0.25, -0.2) is 0 Å². The molecule has 3 aromatic rings. The molecular formula is C23H21ClN2O2. The van der Waals surface area contributed by atoms with Crippen molar-refractivity contribution in [2.75, 3.05) is 10.6 Å². The maximum Gasteiger partial charge on any atom is 0.257 e. The predicted octanol–water partition coefficient (Wildman–Crippen LogP) is 5.39. The van der Waals surface area contributed by atoms with E-state index >= 15 is 0 Å². The lowest BCUT2D eigenvalue weighted by molar-refractivity contribution is -0.115. The quantitative estimate of drug-likeness (QED) is 0.611.